The summed E-state index contributed by atoms with van der Waals surface area (Å²) in [6, 6.07) is 12.8. The van der Waals surface area contributed by atoms with Crippen molar-refractivity contribution < 1.29 is 19.4 Å². The Morgan fingerprint density at radius 1 is 1.15 bits per heavy atom. The van der Waals surface area contributed by atoms with Crippen molar-refractivity contribution in [3.63, 3.8) is 0 Å². The molecule has 0 aliphatic rings. The summed E-state index contributed by atoms with van der Waals surface area (Å²) < 4.78 is 7.48. The summed E-state index contributed by atoms with van der Waals surface area (Å²) in [6.07, 6.45) is 2.80. The number of aromatic nitrogens is 1. The molecule has 0 fully saturated rings. The third-order valence-corrected chi connectivity index (χ3v) is 4.49. The molecule has 27 heavy (non-hydrogen) atoms. The van der Waals surface area contributed by atoms with Crippen LogP contribution in [0.15, 0.2) is 48.7 Å². The Kier molecular flexibility index (Phi) is 5.45. The number of fused-ring (bicyclic) bond motifs is 1. The van der Waals surface area contributed by atoms with Gasteiger partial charge in [-0.3, -0.25) is 4.79 Å². The number of carbonyl (C=O) groups is 2. The molecule has 0 bridgehead atoms. The number of rotatable bonds is 7. The van der Waals surface area contributed by atoms with Crippen LogP contribution < -0.4 is 10.1 Å². The standard InChI is InChI=1S/C21H22N2O4/c1-14(24)22-10-9-17-13-23(20-8-7-18(27-2)11-19(17)20)12-15-3-5-16(6-4-15)21(25)26/h3-8,11,13H,9-10,12H2,1-2H3,(H,22,24)(H,25,26). The topological polar surface area (TPSA) is 80.6 Å². The molecule has 0 saturated heterocycles. The second kappa shape index (κ2) is 7.95. The zero-order valence-corrected chi connectivity index (χ0v) is 15.4. The lowest BCUT2D eigenvalue weighted by Crippen LogP contribution is -2.22. The van der Waals surface area contributed by atoms with E-state index < -0.39 is 5.97 Å². The molecule has 0 atom stereocenters. The molecular formula is C21H22N2O4. The van der Waals surface area contributed by atoms with Crippen LogP contribution >= 0.6 is 0 Å². The van der Waals surface area contributed by atoms with Crippen molar-refractivity contribution in [3.05, 3.63) is 65.4 Å². The highest BCUT2D eigenvalue weighted by Gasteiger charge is 2.11. The summed E-state index contributed by atoms with van der Waals surface area (Å²) >= 11 is 0. The van der Waals surface area contributed by atoms with Crippen LogP contribution in [0.1, 0.15) is 28.4 Å². The summed E-state index contributed by atoms with van der Waals surface area (Å²) in [5.74, 6) is -0.193. The van der Waals surface area contributed by atoms with Crippen LogP contribution in [0, 0.1) is 0 Å². The zero-order valence-electron chi connectivity index (χ0n) is 15.4. The second-order valence-corrected chi connectivity index (χ2v) is 6.40. The maximum atomic E-state index is 11.1. The van der Waals surface area contributed by atoms with Crippen molar-refractivity contribution in [1.82, 2.24) is 9.88 Å². The highest BCUT2D eigenvalue weighted by atomic mass is 16.5. The lowest BCUT2D eigenvalue weighted by molar-refractivity contribution is -0.118. The molecule has 6 nitrogen and oxygen atoms in total. The van der Waals surface area contributed by atoms with E-state index in [1.54, 1.807) is 19.2 Å². The Morgan fingerprint density at radius 2 is 1.89 bits per heavy atom. The van der Waals surface area contributed by atoms with Crippen LogP contribution in [0.5, 0.6) is 5.75 Å². The number of hydrogen-bond donors (Lipinski definition) is 2. The van der Waals surface area contributed by atoms with Gasteiger partial charge in [0.25, 0.3) is 0 Å². The Balaban J connectivity index is 1.91. The first-order valence-electron chi connectivity index (χ1n) is 8.70. The van der Waals surface area contributed by atoms with E-state index in [0.29, 0.717) is 19.5 Å². The fourth-order valence-corrected chi connectivity index (χ4v) is 3.13. The highest BCUT2D eigenvalue weighted by Crippen LogP contribution is 2.27. The maximum absolute atomic E-state index is 11.1. The molecule has 0 unspecified atom stereocenters. The molecule has 1 aromatic heterocycles. The molecule has 1 amide bonds. The number of aromatic carboxylic acids is 1. The van der Waals surface area contributed by atoms with Crippen LogP contribution in [0.4, 0.5) is 0 Å². The van der Waals surface area contributed by atoms with Crippen molar-refractivity contribution in [3.8, 4) is 5.75 Å². The first-order valence-corrected chi connectivity index (χ1v) is 8.70. The fraction of sp³-hybridized carbons (Fsp3) is 0.238. The number of carboxylic acid groups (broad SMARTS) is 1. The number of carbonyl (C=O) groups excluding carboxylic acids is 1. The highest BCUT2D eigenvalue weighted by molar-refractivity contribution is 5.87. The van der Waals surface area contributed by atoms with Crippen LogP contribution in [0.2, 0.25) is 0 Å². The Bertz CT molecular complexity index is 974. The third kappa shape index (κ3) is 4.28. The van der Waals surface area contributed by atoms with Gasteiger partial charge in [-0.1, -0.05) is 12.1 Å². The molecule has 6 heteroatoms. The largest absolute Gasteiger partial charge is 0.497 e. The van der Waals surface area contributed by atoms with Gasteiger partial charge in [0.1, 0.15) is 5.75 Å². The van der Waals surface area contributed by atoms with Gasteiger partial charge < -0.3 is 19.7 Å². The number of nitrogens with one attached hydrogen (secondary N) is 1. The van der Waals surface area contributed by atoms with Gasteiger partial charge in [-0.15, -0.1) is 0 Å². The number of ether oxygens (including phenoxy) is 1. The van der Waals surface area contributed by atoms with Crippen LogP contribution in [-0.4, -0.2) is 35.2 Å². The first-order chi connectivity index (χ1) is 13.0. The van der Waals surface area contributed by atoms with Gasteiger partial charge in [0.15, 0.2) is 0 Å². The lowest BCUT2D eigenvalue weighted by atomic mass is 10.1. The van der Waals surface area contributed by atoms with Gasteiger partial charge in [0.05, 0.1) is 12.7 Å². The second-order valence-electron chi connectivity index (χ2n) is 6.40. The number of methoxy groups -OCH3 is 1. The van der Waals surface area contributed by atoms with Gasteiger partial charge in [-0.2, -0.15) is 0 Å². The SMILES string of the molecule is COc1ccc2c(c1)c(CCNC(C)=O)cn2Cc1ccc(C(=O)O)cc1. The molecule has 1 heterocycles. The van der Waals surface area contributed by atoms with E-state index in [-0.39, 0.29) is 11.5 Å². The Hall–Kier alpha value is -3.28. The summed E-state index contributed by atoms with van der Waals surface area (Å²) in [5.41, 5.74) is 3.48. The summed E-state index contributed by atoms with van der Waals surface area (Å²) in [5, 5.41) is 12.9. The number of carboxylic acids is 1. The fourth-order valence-electron chi connectivity index (χ4n) is 3.13. The van der Waals surface area contributed by atoms with Gasteiger partial charge >= 0.3 is 5.97 Å². The quantitative estimate of drug-likeness (QED) is 0.673. The van der Waals surface area contributed by atoms with Crippen molar-refractivity contribution in [2.24, 2.45) is 0 Å². The van der Waals surface area contributed by atoms with Crippen molar-refractivity contribution in [1.29, 1.82) is 0 Å². The predicted molar refractivity (Wildman–Crippen MR) is 103 cm³/mol. The van der Waals surface area contributed by atoms with Gasteiger partial charge in [0.2, 0.25) is 5.91 Å². The van der Waals surface area contributed by atoms with E-state index in [4.69, 9.17) is 9.84 Å². The molecule has 3 aromatic rings. The van der Waals surface area contributed by atoms with Crippen LogP contribution in [0.25, 0.3) is 10.9 Å². The Labute approximate surface area is 157 Å². The van der Waals surface area contributed by atoms with E-state index in [0.717, 1.165) is 27.8 Å². The summed E-state index contributed by atoms with van der Waals surface area (Å²) in [4.78, 5) is 22.2. The van der Waals surface area contributed by atoms with E-state index >= 15 is 0 Å². The molecule has 140 valence electrons. The van der Waals surface area contributed by atoms with E-state index in [1.807, 2.05) is 30.3 Å². The molecule has 2 N–H and O–H groups in total. The van der Waals surface area contributed by atoms with Gasteiger partial charge in [-0.05, 0) is 47.9 Å². The zero-order chi connectivity index (χ0) is 19.4. The average molecular weight is 366 g/mol. The predicted octanol–water partition coefficient (Wildman–Crippen LogP) is 3.08. The Morgan fingerprint density at radius 3 is 2.52 bits per heavy atom. The minimum Gasteiger partial charge on any atom is -0.497 e. The van der Waals surface area contributed by atoms with Crippen molar-refractivity contribution >= 4 is 22.8 Å². The van der Waals surface area contributed by atoms with E-state index in [9.17, 15) is 9.59 Å². The van der Waals surface area contributed by atoms with E-state index in [2.05, 4.69) is 16.1 Å². The maximum Gasteiger partial charge on any atom is 0.335 e. The van der Waals surface area contributed by atoms with Gasteiger partial charge in [0, 0.05) is 37.1 Å². The minimum atomic E-state index is -0.930. The van der Waals surface area contributed by atoms with Gasteiger partial charge in [-0.25, -0.2) is 4.79 Å². The molecule has 0 saturated carbocycles. The first kappa shape index (κ1) is 18.5. The van der Waals surface area contributed by atoms with Crippen LogP contribution in [-0.2, 0) is 17.8 Å². The monoisotopic (exact) mass is 366 g/mol. The minimum absolute atomic E-state index is 0.0464. The number of amides is 1. The molecular weight excluding hydrogens is 344 g/mol. The van der Waals surface area contributed by atoms with Crippen molar-refractivity contribution in [2.45, 2.75) is 19.9 Å². The lowest BCUT2D eigenvalue weighted by Gasteiger charge is -2.07. The average Bonchev–Trinajstić information content (AvgIpc) is 2.98. The third-order valence-electron chi connectivity index (χ3n) is 4.49. The summed E-state index contributed by atoms with van der Waals surface area (Å²) in [6.45, 7) is 2.70. The molecule has 0 radical (unpaired) electrons. The van der Waals surface area contributed by atoms with Crippen LogP contribution in [0.3, 0.4) is 0 Å². The van der Waals surface area contributed by atoms with Crippen molar-refractivity contribution in [2.75, 3.05) is 13.7 Å². The molecule has 0 aliphatic heterocycles. The molecule has 3 rings (SSSR count). The molecule has 0 aliphatic carbocycles. The number of benzene rings is 2. The smallest absolute Gasteiger partial charge is 0.335 e. The van der Waals surface area contributed by atoms with E-state index in [1.165, 1.54) is 6.92 Å². The number of hydrogen-bond acceptors (Lipinski definition) is 3. The molecule has 0 spiro atoms. The molecule has 2 aromatic carbocycles. The summed E-state index contributed by atoms with van der Waals surface area (Å²) in [7, 11) is 1.64. The normalized spacial score (nSPS) is 10.7. The number of nitrogens with zero attached hydrogens (tertiary/aromatic N) is 1.